The fourth-order valence-corrected chi connectivity index (χ4v) is 3.24. The van der Waals surface area contributed by atoms with Crippen LogP contribution < -0.4 is 11.1 Å². The number of hydrogen-bond donors (Lipinski definition) is 3. The first-order valence-corrected chi connectivity index (χ1v) is 7.72. The van der Waals surface area contributed by atoms with Gasteiger partial charge in [0, 0.05) is 19.6 Å². The van der Waals surface area contributed by atoms with E-state index in [1.807, 2.05) is 0 Å². The van der Waals surface area contributed by atoms with Crippen molar-refractivity contribution in [3.05, 3.63) is 0 Å². The van der Waals surface area contributed by atoms with E-state index in [2.05, 4.69) is 22.3 Å². The van der Waals surface area contributed by atoms with Gasteiger partial charge in [0.25, 0.3) is 0 Å². The molecule has 21 heavy (non-hydrogen) atoms. The topological polar surface area (TPSA) is 100 Å². The number of carbonyl (C=O) groups is 1. The van der Waals surface area contributed by atoms with Crippen molar-refractivity contribution in [3.8, 4) is 0 Å². The number of nitrogens with two attached hydrogens (primary N) is 1. The molecule has 1 atom stereocenters. The largest absolute Gasteiger partial charge is 0.409 e. The first-order chi connectivity index (χ1) is 10.1. The normalized spacial score (nSPS) is 26.7. The molecule has 2 fully saturated rings. The number of ether oxygens (including phenoxy) is 1. The summed E-state index contributed by atoms with van der Waals surface area (Å²) in [6.07, 6.45) is 3.14. The molecular weight excluding hydrogens is 272 g/mol. The van der Waals surface area contributed by atoms with E-state index in [0.29, 0.717) is 26.0 Å². The minimum Gasteiger partial charge on any atom is -0.409 e. The summed E-state index contributed by atoms with van der Waals surface area (Å²) in [6, 6.07) is 0. The summed E-state index contributed by atoms with van der Waals surface area (Å²) >= 11 is 0. The van der Waals surface area contributed by atoms with Gasteiger partial charge in [0.05, 0.1) is 12.7 Å². The molecule has 2 aliphatic rings. The van der Waals surface area contributed by atoms with Crippen LogP contribution in [0.5, 0.6) is 0 Å². The SMILES string of the molecule is CCN1CCOC(CNC(=O)C2(C(N)=NO)CCCC2)C1. The summed E-state index contributed by atoms with van der Waals surface area (Å²) in [5.74, 6) is -0.121. The predicted molar refractivity (Wildman–Crippen MR) is 79.2 cm³/mol. The Hall–Kier alpha value is -1.34. The third kappa shape index (κ3) is 3.47. The number of nitrogens with one attached hydrogen (secondary N) is 1. The van der Waals surface area contributed by atoms with Gasteiger partial charge in [-0.3, -0.25) is 9.69 Å². The monoisotopic (exact) mass is 298 g/mol. The summed E-state index contributed by atoms with van der Waals surface area (Å²) in [7, 11) is 0. The molecule has 0 bridgehead atoms. The number of hydrogen-bond acceptors (Lipinski definition) is 5. The van der Waals surface area contributed by atoms with Crippen LogP contribution in [0.15, 0.2) is 5.16 Å². The molecule has 0 spiro atoms. The molecule has 7 nitrogen and oxygen atoms in total. The van der Waals surface area contributed by atoms with Crippen molar-refractivity contribution in [3.63, 3.8) is 0 Å². The van der Waals surface area contributed by atoms with Gasteiger partial charge < -0.3 is 21.0 Å². The van der Waals surface area contributed by atoms with E-state index >= 15 is 0 Å². The maximum Gasteiger partial charge on any atom is 0.234 e. The number of oxime groups is 1. The van der Waals surface area contributed by atoms with Crippen LogP contribution in [0.3, 0.4) is 0 Å². The van der Waals surface area contributed by atoms with E-state index in [0.717, 1.165) is 32.5 Å². The molecule has 1 unspecified atom stereocenters. The summed E-state index contributed by atoms with van der Waals surface area (Å²) in [5, 5.41) is 15.0. The van der Waals surface area contributed by atoms with E-state index in [-0.39, 0.29) is 17.8 Å². The van der Waals surface area contributed by atoms with Gasteiger partial charge in [-0.25, -0.2) is 0 Å². The zero-order chi connectivity index (χ0) is 15.3. The fourth-order valence-electron chi connectivity index (χ4n) is 3.24. The highest BCUT2D eigenvalue weighted by Gasteiger charge is 2.45. The van der Waals surface area contributed by atoms with Crippen LogP contribution in [0.4, 0.5) is 0 Å². The summed E-state index contributed by atoms with van der Waals surface area (Å²) in [4.78, 5) is 14.8. The molecule has 0 radical (unpaired) electrons. The molecule has 1 aliphatic heterocycles. The van der Waals surface area contributed by atoms with Crippen molar-refractivity contribution in [2.24, 2.45) is 16.3 Å². The van der Waals surface area contributed by atoms with Crippen molar-refractivity contribution in [1.82, 2.24) is 10.2 Å². The first-order valence-electron chi connectivity index (χ1n) is 7.72. The zero-order valence-electron chi connectivity index (χ0n) is 12.7. The maximum atomic E-state index is 12.5. The molecule has 0 aromatic carbocycles. The Bertz CT molecular complexity index is 394. The van der Waals surface area contributed by atoms with Gasteiger partial charge in [0.15, 0.2) is 5.84 Å². The zero-order valence-corrected chi connectivity index (χ0v) is 12.7. The van der Waals surface area contributed by atoms with Crippen molar-refractivity contribution in [2.45, 2.75) is 38.7 Å². The summed E-state index contributed by atoms with van der Waals surface area (Å²) in [6.45, 7) is 6.03. The Morgan fingerprint density at radius 2 is 2.24 bits per heavy atom. The number of amidine groups is 1. The minimum atomic E-state index is -0.839. The van der Waals surface area contributed by atoms with Gasteiger partial charge >= 0.3 is 0 Å². The third-order valence-electron chi connectivity index (χ3n) is 4.65. The Morgan fingerprint density at radius 3 is 2.86 bits per heavy atom. The summed E-state index contributed by atoms with van der Waals surface area (Å²) < 4.78 is 5.68. The maximum absolute atomic E-state index is 12.5. The van der Waals surface area contributed by atoms with Crippen LogP contribution in [-0.4, -0.2) is 60.7 Å². The number of nitrogens with zero attached hydrogens (tertiary/aromatic N) is 2. The van der Waals surface area contributed by atoms with Crippen molar-refractivity contribution in [1.29, 1.82) is 0 Å². The van der Waals surface area contributed by atoms with Crippen LogP contribution in [0.2, 0.25) is 0 Å². The average Bonchev–Trinajstić information content (AvgIpc) is 3.03. The molecule has 1 saturated heterocycles. The van der Waals surface area contributed by atoms with E-state index in [1.165, 1.54) is 0 Å². The number of morpholine rings is 1. The lowest BCUT2D eigenvalue weighted by Gasteiger charge is -2.33. The first kappa shape index (κ1) is 16.0. The Kier molecular flexibility index (Phi) is 5.41. The van der Waals surface area contributed by atoms with Gasteiger partial charge in [-0.2, -0.15) is 0 Å². The number of likely N-dealkylation sites (N-methyl/N-ethyl adjacent to an activating group) is 1. The molecule has 1 heterocycles. The molecule has 7 heteroatoms. The number of rotatable bonds is 5. The predicted octanol–water partition coefficient (Wildman–Crippen LogP) is 0.130. The van der Waals surface area contributed by atoms with Gasteiger partial charge in [-0.05, 0) is 19.4 Å². The third-order valence-corrected chi connectivity index (χ3v) is 4.65. The second-order valence-corrected chi connectivity index (χ2v) is 5.87. The second kappa shape index (κ2) is 7.09. The van der Waals surface area contributed by atoms with Gasteiger partial charge in [-0.1, -0.05) is 24.9 Å². The average molecular weight is 298 g/mol. The molecular formula is C14H26N4O3. The molecule has 0 aromatic rings. The van der Waals surface area contributed by atoms with Crippen LogP contribution in [0, 0.1) is 5.41 Å². The molecule has 120 valence electrons. The van der Waals surface area contributed by atoms with Crippen LogP contribution >= 0.6 is 0 Å². The fraction of sp³-hybridized carbons (Fsp3) is 0.857. The molecule has 4 N–H and O–H groups in total. The van der Waals surface area contributed by atoms with Gasteiger partial charge in [-0.15, -0.1) is 0 Å². The van der Waals surface area contributed by atoms with Crippen molar-refractivity contribution in [2.75, 3.05) is 32.8 Å². The van der Waals surface area contributed by atoms with E-state index < -0.39 is 5.41 Å². The van der Waals surface area contributed by atoms with Crippen molar-refractivity contribution >= 4 is 11.7 Å². The quantitative estimate of drug-likeness (QED) is 0.290. The molecule has 0 aromatic heterocycles. The van der Waals surface area contributed by atoms with Crippen LogP contribution in [0.1, 0.15) is 32.6 Å². The highest BCUT2D eigenvalue weighted by atomic mass is 16.5. The lowest BCUT2D eigenvalue weighted by Crippen LogP contribution is -2.52. The Morgan fingerprint density at radius 1 is 1.52 bits per heavy atom. The van der Waals surface area contributed by atoms with E-state index in [9.17, 15) is 4.79 Å². The molecule has 1 amide bonds. The number of carbonyl (C=O) groups excluding carboxylic acids is 1. The second-order valence-electron chi connectivity index (χ2n) is 5.87. The smallest absolute Gasteiger partial charge is 0.234 e. The number of amides is 1. The lowest BCUT2D eigenvalue weighted by molar-refractivity contribution is -0.128. The Labute approximate surface area is 125 Å². The highest BCUT2D eigenvalue weighted by Crippen LogP contribution is 2.38. The summed E-state index contributed by atoms with van der Waals surface area (Å²) in [5.41, 5.74) is 4.93. The lowest BCUT2D eigenvalue weighted by atomic mass is 9.83. The highest BCUT2D eigenvalue weighted by molar-refractivity contribution is 6.07. The Balaban J connectivity index is 1.91. The van der Waals surface area contributed by atoms with Gasteiger partial charge in [0.1, 0.15) is 5.41 Å². The van der Waals surface area contributed by atoms with Crippen LogP contribution in [0.25, 0.3) is 0 Å². The molecule has 2 rings (SSSR count). The molecule has 1 aliphatic carbocycles. The van der Waals surface area contributed by atoms with Crippen LogP contribution in [-0.2, 0) is 9.53 Å². The van der Waals surface area contributed by atoms with E-state index in [1.54, 1.807) is 0 Å². The van der Waals surface area contributed by atoms with E-state index in [4.69, 9.17) is 15.7 Å². The minimum absolute atomic E-state index is 0.00777. The standard InChI is InChI=1S/C14H26N4O3/c1-2-18-7-8-21-11(10-18)9-16-13(19)14(12(15)17-20)5-3-4-6-14/h11,20H,2-10H2,1H3,(H2,15,17)(H,16,19). The molecule has 1 saturated carbocycles. The van der Waals surface area contributed by atoms with Crippen molar-refractivity contribution < 1.29 is 14.7 Å². The van der Waals surface area contributed by atoms with Gasteiger partial charge in [0.2, 0.25) is 5.91 Å².